The van der Waals surface area contributed by atoms with Crippen LogP contribution in [0.3, 0.4) is 0 Å². The van der Waals surface area contributed by atoms with Gasteiger partial charge in [-0.15, -0.1) is 11.3 Å². The summed E-state index contributed by atoms with van der Waals surface area (Å²) in [6.07, 6.45) is 0. The maximum atomic E-state index is 10.8. The minimum absolute atomic E-state index is 0.0533. The number of thiophene rings is 1. The molecule has 3 rings (SSSR count). The topological polar surface area (TPSA) is 49.6 Å². The molecule has 0 saturated heterocycles. The quantitative estimate of drug-likeness (QED) is 0.476. The van der Waals surface area contributed by atoms with Crippen molar-refractivity contribution in [2.75, 3.05) is 12.1 Å². The molecule has 0 saturated carbocycles. The Morgan fingerprint density at radius 3 is 2.50 bits per heavy atom. The third kappa shape index (κ3) is 2.34. The van der Waals surface area contributed by atoms with Crippen LogP contribution in [0.4, 0.5) is 11.4 Å². The number of rotatable bonds is 3. The Kier molecular flexibility index (Phi) is 3.80. The van der Waals surface area contributed by atoms with Crippen LogP contribution in [0.15, 0.2) is 46.9 Å². The van der Waals surface area contributed by atoms with Crippen molar-refractivity contribution in [3.63, 3.8) is 0 Å². The van der Waals surface area contributed by atoms with Gasteiger partial charge < -0.3 is 0 Å². The zero-order valence-corrected chi connectivity index (χ0v) is 13.6. The van der Waals surface area contributed by atoms with Gasteiger partial charge in [-0.05, 0) is 30.5 Å². The lowest BCUT2D eigenvalue weighted by molar-refractivity contribution is -0.384. The molecule has 5 nitrogen and oxygen atoms in total. The molecule has 1 atom stereocenters. The van der Waals surface area contributed by atoms with E-state index in [0.29, 0.717) is 5.16 Å². The molecule has 0 spiro atoms. The Morgan fingerprint density at radius 1 is 1.27 bits per heavy atom. The smallest absolute Gasteiger partial charge is 0.269 e. The number of nitro groups is 1. The van der Waals surface area contributed by atoms with Gasteiger partial charge in [0.2, 0.25) is 0 Å². The second-order valence-electron chi connectivity index (χ2n) is 5.00. The molecule has 22 heavy (non-hydrogen) atoms. The number of anilines is 1. The minimum atomic E-state index is -0.400. The number of hydrogen-bond donors (Lipinski definition) is 0. The molecule has 0 fully saturated rings. The molecule has 0 radical (unpaired) electrons. The number of benzene rings is 1. The van der Waals surface area contributed by atoms with E-state index in [-0.39, 0.29) is 11.7 Å². The van der Waals surface area contributed by atoms with Crippen LogP contribution in [0, 0.1) is 10.1 Å². The van der Waals surface area contributed by atoms with Crippen LogP contribution < -0.4 is 5.01 Å². The summed E-state index contributed by atoms with van der Waals surface area (Å²) in [5.41, 5.74) is 2.01. The van der Waals surface area contributed by atoms with Crippen molar-refractivity contribution >= 4 is 39.9 Å². The largest absolute Gasteiger partial charge is 0.277 e. The summed E-state index contributed by atoms with van der Waals surface area (Å²) in [6.45, 7) is 2.07. The van der Waals surface area contributed by atoms with Crippen molar-refractivity contribution in [3.8, 4) is 0 Å². The van der Waals surface area contributed by atoms with Gasteiger partial charge in [-0.25, -0.2) is 0 Å². The lowest BCUT2D eigenvalue weighted by Crippen LogP contribution is -2.38. The van der Waals surface area contributed by atoms with Crippen LogP contribution in [0.5, 0.6) is 0 Å². The molecule has 114 valence electrons. The molecule has 7 heteroatoms. The Morgan fingerprint density at radius 2 is 1.95 bits per heavy atom. The van der Waals surface area contributed by atoms with Gasteiger partial charge in [-0.1, -0.05) is 17.7 Å². The van der Waals surface area contributed by atoms with Gasteiger partial charge in [-0.3, -0.25) is 20.1 Å². The average molecular weight is 336 g/mol. The monoisotopic (exact) mass is 335 g/mol. The maximum Gasteiger partial charge on any atom is 0.269 e. The van der Waals surface area contributed by atoms with Crippen LogP contribution in [0.2, 0.25) is 0 Å². The molecule has 1 aliphatic rings. The van der Waals surface area contributed by atoms with Crippen molar-refractivity contribution in [2.24, 2.45) is 0 Å². The fourth-order valence-corrected chi connectivity index (χ4v) is 3.94. The van der Waals surface area contributed by atoms with Crippen LogP contribution in [-0.2, 0) is 0 Å². The van der Waals surface area contributed by atoms with Gasteiger partial charge in [-0.2, -0.15) is 0 Å². The molecule has 0 amide bonds. The van der Waals surface area contributed by atoms with Crippen molar-refractivity contribution in [1.29, 1.82) is 0 Å². The molecule has 0 aliphatic carbocycles. The number of nitrogens with zero attached hydrogens (tertiary/aromatic N) is 3. The van der Waals surface area contributed by atoms with E-state index in [2.05, 4.69) is 6.92 Å². The highest BCUT2D eigenvalue weighted by atomic mass is 35.5. The molecule has 1 unspecified atom stereocenters. The van der Waals surface area contributed by atoms with Gasteiger partial charge in [0.05, 0.1) is 16.7 Å². The van der Waals surface area contributed by atoms with E-state index >= 15 is 0 Å². The van der Waals surface area contributed by atoms with Gasteiger partial charge in [0.25, 0.3) is 5.69 Å². The first-order valence-electron chi connectivity index (χ1n) is 6.71. The predicted octanol–water partition coefficient (Wildman–Crippen LogP) is 4.32. The van der Waals surface area contributed by atoms with Crippen LogP contribution >= 0.6 is 22.9 Å². The zero-order valence-electron chi connectivity index (χ0n) is 12.1. The van der Waals surface area contributed by atoms with Gasteiger partial charge in [0.15, 0.2) is 0 Å². The normalized spacial score (nSPS) is 18.2. The second-order valence-corrected chi connectivity index (χ2v) is 6.31. The molecule has 0 bridgehead atoms. The third-order valence-electron chi connectivity index (χ3n) is 3.73. The standard InChI is InChI=1S/C15H14ClN3O2S/c1-10-14(13-4-3-9-22-13)15(16)17(2)18(10)11-5-7-12(8-6-11)19(20)21/h3-10H,1-2H3. The fourth-order valence-electron chi connectivity index (χ4n) is 2.69. The second kappa shape index (κ2) is 5.62. The Hall–Kier alpha value is -2.05. The summed E-state index contributed by atoms with van der Waals surface area (Å²) in [6, 6.07) is 10.6. The summed E-state index contributed by atoms with van der Waals surface area (Å²) >= 11 is 8.15. The minimum Gasteiger partial charge on any atom is -0.277 e. The molecule has 1 aromatic carbocycles. The highest BCUT2D eigenvalue weighted by molar-refractivity contribution is 7.11. The number of hydrogen-bond acceptors (Lipinski definition) is 5. The summed E-state index contributed by atoms with van der Waals surface area (Å²) in [4.78, 5) is 11.5. The van der Waals surface area contributed by atoms with Crippen molar-refractivity contribution in [2.45, 2.75) is 13.0 Å². The van der Waals surface area contributed by atoms with Crippen molar-refractivity contribution < 1.29 is 4.92 Å². The number of nitro benzene ring substituents is 1. The molecule has 2 heterocycles. The summed E-state index contributed by atoms with van der Waals surface area (Å²) in [7, 11) is 1.89. The van der Waals surface area contributed by atoms with Crippen LogP contribution in [0.1, 0.15) is 11.8 Å². The Bertz CT molecular complexity index is 728. The highest BCUT2D eigenvalue weighted by Crippen LogP contribution is 2.41. The lowest BCUT2D eigenvalue weighted by Gasteiger charge is -2.32. The molecular weight excluding hydrogens is 322 g/mol. The summed E-state index contributed by atoms with van der Waals surface area (Å²) < 4.78 is 0. The van der Waals surface area contributed by atoms with Crippen LogP contribution in [-0.4, -0.2) is 23.0 Å². The SMILES string of the molecule is CC1C(c2cccs2)=C(Cl)N(C)N1c1ccc([N+](=O)[O-])cc1. The van der Waals surface area contributed by atoms with Gasteiger partial charge in [0, 0.05) is 29.6 Å². The summed E-state index contributed by atoms with van der Waals surface area (Å²) in [5.74, 6) is 0. The van der Waals surface area contributed by atoms with E-state index in [1.54, 1.807) is 23.5 Å². The highest BCUT2D eigenvalue weighted by Gasteiger charge is 2.34. The Labute approximate surface area is 137 Å². The first-order chi connectivity index (χ1) is 10.5. The first kappa shape index (κ1) is 14.9. The number of hydrazine groups is 1. The molecule has 0 N–H and O–H groups in total. The first-order valence-corrected chi connectivity index (χ1v) is 7.97. The Balaban J connectivity index is 1.95. The zero-order chi connectivity index (χ0) is 15.9. The maximum absolute atomic E-state index is 10.8. The molecule has 1 aromatic heterocycles. The van der Waals surface area contributed by atoms with Crippen LogP contribution in [0.25, 0.3) is 5.57 Å². The van der Waals surface area contributed by atoms with Gasteiger partial charge in [0.1, 0.15) is 5.16 Å². The van der Waals surface area contributed by atoms with E-state index in [0.717, 1.165) is 16.1 Å². The molecule has 2 aromatic rings. The lowest BCUT2D eigenvalue weighted by atomic mass is 10.1. The van der Waals surface area contributed by atoms with Crippen molar-refractivity contribution in [3.05, 3.63) is 61.9 Å². The molecular formula is C15H14ClN3O2S. The third-order valence-corrected chi connectivity index (χ3v) is 5.08. The van der Waals surface area contributed by atoms with E-state index in [1.165, 1.54) is 12.1 Å². The van der Waals surface area contributed by atoms with Gasteiger partial charge >= 0.3 is 0 Å². The number of halogens is 1. The fraction of sp³-hybridized carbons (Fsp3) is 0.200. The number of non-ortho nitro benzene ring substituents is 1. The van der Waals surface area contributed by atoms with Crippen molar-refractivity contribution in [1.82, 2.24) is 5.01 Å². The van der Waals surface area contributed by atoms with E-state index in [9.17, 15) is 10.1 Å². The predicted molar refractivity (Wildman–Crippen MR) is 89.9 cm³/mol. The van der Waals surface area contributed by atoms with E-state index < -0.39 is 4.92 Å². The average Bonchev–Trinajstić information content (AvgIpc) is 3.08. The molecule has 1 aliphatic heterocycles. The van der Waals surface area contributed by atoms with E-state index in [1.807, 2.05) is 34.6 Å². The van der Waals surface area contributed by atoms with E-state index in [4.69, 9.17) is 11.6 Å². The summed E-state index contributed by atoms with van der Waals surface area (Å²) in [5, 5.41) is 17.4.